The Balaban J connectivity index is 1.43. The van der Waals surface area contributed by atoms with Crippen LogP contribution in [0.15, 0.2) is 43.4 Å². The van der Waals surface area contributed by atoms with Crippen LogP contribution in [0.1, 0.15) is 25.0 Å². The molecule has 6 nitrogen and oxygen atoms in total. The van der Waals surface area contributed by atoms with Crippen LogP contribution in [0.25, 0.3) is 27.7 Å². The van der Waals surface area contributed by atoms with Crippen molar-refractivity contribution < 1.29 is 9.50 Å². The standard InChI is InChI=1S/C21H20FN5O/c1-11(15-8-14-2-3-17(25-14)20(15)22)18-10-24-21(27-26-18)16-6-12-4-5-23-9-13(12)7-19(16)28/h4-7,9-10,14-15,17,20,25,28H,1-3,8H2/t14-,15+,17+,20+/m0/s1. The van der Waals surface area contributed by atoms with Gasteiger partial charge in [-0.1, -0.05) is 6.58 Å². The topological polar surface area (TPSA) is 83.8 Å². The Labute approximate surface area is 161 Å². The number of fused-ring (bicyclic) bond motifs is 3. The molecule has 7 heteroatoms. The third-order valence-corrected chi connectivity index (χ3v) is 5.92. The average Bonchev–Trinajstić information content (AvgIpc) is 3.13. The fourth-order valence-electron chi connectivity index (χ4n) is 4.38. The summed E-state index contributed by atoms with van der Waals surface area (Å²) in [5.41, 5.74) is 1.64. The van der Waals surface area contributed by atoms with Crippen molar-refractivity contribution in [3.63, 3.8) is 0 Å². The van der Waals surface area contributed by atoms with Crippen molar-refractivity contribution in [1.82, 2.24) is 25.5 Å². The molecule has 5 rings (SSSR count). The number of nitrogens with one attached hydrogen (secondary N) is 1. The van der Waals surface area contributed by atoms with Crippen LogP contribution >= 0.6 is 0 Å². The normalized spacial score (nSPS) is 26.5. The number of phenolic OH excluding ortho intramolecular Hbond substituents is 1. The molecule has 4 atom stereocenters. The fraction of sp³-hybridized carbons (Fsp3) is 0.333. The molecule has 0 unspecified atom stereocenters. The first-order valence-electron chi connectivity index (χ1n) is 9.46. The van der Waals surface area contributed by atoms with Gasteiger partial charge in [-0.15, -0.1) is 10.2 Å². The van der Waals surface area contributed by atoms with Crippen molar-refractivity contribution in [2.75, 3.05) is 0 Å². The molecular weight excluding hydrogens is 357 g/mol. The third kappa shape index (κ3) is 2.82. The Morgan fingerprint density at radius 1 is 1.18 bits per heavy atom. The molecule has 142 valence electrons. The monoisotopic (exact) mass is 377 g/mol. The average molecular weight is 377 g/mol. The first-order chi connectivity index (χ1) is 13.6. The summed E-state index contributed by atoms with van der Waals surface area (Å²) in [5, 5.41) is 23.8. The number of piperidine rings is 1. The number of hydrogen-bond donors (Lipinski definition) is 2. The maximum absolute atomic E-state index is 14.8. The molecule has 2 fully saturated rings. The lowest BCUT2D eigenvalue weighted by atomic mass is 9.84. The number of aromatic nitrogens is 4. The minimum Gasteiger partial charge on any atom is -0.507 e. The van der Waals surface area contributed by atoms with E-state index >= 15 is 0 Å². The summed E-state index contributed by atoms with van der Waals surface area (Å²) in [6.45, 7) is 4.09. The maximum atomic E-state index is 14.8. The van der Waals surface area contributed by atoms with Gasteiger partial charge in [-0.2, -0.15) is 0 Å². The second kappa shape index (κ2) is 6.60. The van der Waals surface area contributed by atoms with E-state index in [2.05, 4.69) is 32.1 Å². The van der Waals surface area contributed by atoms with Gasteiger partial charge < -0.3 is 10.4 Å². The van der Waals surface area contributed by atoms with Gasteiger partial charge in [0.25, 0.3) is 0 Å². The first-order valence-corrected chi connectivity index (χ1v) is 9.46. The number of phenols is 1. The number of nitrogens with zero attached hydrogens (tertiary/aromatic N) is 4. The molecule has 0 amide bonds. The van der Waals surface area contributed by atoms with Gasteiger partial charge in [0, 0.05) is 35.8 Å². The molecular formula is C21H20FN5O. The summed E-state index contributed by atoms with van der Waals surface area (Å²) in [5.74, 6) is 0.116. The fourth-order valence-corrected chi connectivity index (χ4v) is 4.38. The van der Waals surface area contributed by atoms with Crippen LogP contribution in [-0.4, -0.2) is 43.5 Å². The summed E-state index contributed by atoms with van der Waals surface area (Å²) >= 11 is 0. The van der Waals surface area contributed by atoms with Gasteiger partial charge in [0.15, 0.2) is 5.82 Å². The second-order valence-electron chi connectivity index (χ2n) is 7.62. The molecule has 2 bridgehead atoms. The number of benzene rings is 1. The molecule has 28 heavy (non-hydrogen) atoms. The van der Waals surface area contributed by atoms with Crippen LogP contribution in [0.5, 0.6) is 5.75 Å². The SMILES string of the molecule is C=C(c1cnc(-c2cc3ccncc3cc2O)nn1)[C@H]1C[C@@H]2CC[C@@H](N2)[C@@H]1F. The van der Waals surface area contributed by atoms with Crippen molar-refractivity contribution >= 4 is 16.3 Å². The zero-order chi connectivity index (χ0) is 19.3. The summed E-state index contributed by atoms with van der Waals surface area (Å²) in [6.07, 6.45) is 6.58. The number of allylic oxidation sites excluding steroid dienone is 1. The molecule has 0 radical (unpaired) electrons. The first kappa shape index (κ1) is 17.2. The van der Waals surface area contributed by atoms with Gasteiger partial charge >= 0.3 is 0 Å². The molecule has 2 aliphatic rings. The Bertz CT molecular complexity index is 1050. The van der Waals surface area contributed by atoms with E-state index in [-0.39, 0.29) is 17.7 Å². The molecule has 2 saturated heterocycles. The quantitative estimate of drug-likeness (QED) is 0.729. The van der Waals surface area contributed by atoms with E-state index in [1.54, 1.807) is 30.7 Å². The Morgan fingerprint density at radius 2 is 2.07 bits per heavy atom. The highest BCUT2D eigenvalue weighted by atomic mass is 19.1. The van der Waals surface area contributed by atoms with E-state index in [9.17, 15) is 9.50 Å². The molecule has 0 spiro atoms. The summed E-state index contributed by atoms with van der Waals surface area (Å²) in [6, 6.07) is 5.55. The highest BCUT2D eigenvalue weighted by Gasteiger charge is 2.43. The summed E-state index contributed by atoms with van der Waals surface area (Å²) in [7, 11) is 0. The smallest absolute Gasteiger partial charge is 0.185 e. The zero-order valence-corrected chi connectivity index (χ0v) is 15.2. The number of halogens is 1. The minimum absolute atomic E-state index is 0.0626. The van der Waals surface area contributed by atoms with Crippen molar-refractivity contribution in [2.45, 2.75) is 37.5 Å². The molecule has 2 aromatic heterocycles. The summed E-state index contributed by atoms with van der Waals surface area (Å²) in [4.78, 5) is 8.42. The van der Waals surface area contributed by atoms with Crippen LogP contribution in [0.2, 0.25) is 0 Å². The van der Waals surface area contributed by atoms with Gasteiger partial charge in [-0.25, -0.2) is 9.37 Å². The number of aromatic hydroxyl groups is 1. The van der Waals surface area contributed by atoms with Crippen molar-refractivity contribution in [3.8, 4) is 17.1 Å². The van der Waals surface area contributed by atoms with Gasteiger partial charge in [0.1, 0.15) is 17.6 Å². The Hall–Kier alpha value is -2.93. The van der Waals surface area contributed by atoms with Gasteiger partial charge in [0.05, 0.1) is 11.8 Å². The number of pyridine rings is 1. The molecule has 3 aromatic rings. The van der Waals surface area contributed by atoms with Crippen LogP contribution in [-0.2, 0) is 0 Å². The van der Waals surface area contributed by atoms with Crippen LogP contribution in [0, 0.1) is 5.92 Å². The molecule has 0 aliphatic carbocycles. The van der Waals surface area contributed by atoms with E-state index in [4.69, 9.17) is 0 Å². The van der Waals surface area contributed by atoms with E-state index in [1.807, 2.05) is 6.07 Å². The Morgan fingerprint density at radius 3 is 2.89 bits per heavy atom. The second-order valence-corrected chi connectivity index (χ2v) is 7.62. The van der Waals surface area contributed by atoms with E-state index in [0.717, 1.165) is 30.0 Å². The maximum Gasteiger partial charge on any atom is 0.185 e. The Kier molecular flexibility index (Phi) is 4.05. The van der Waals surface area contributed by atoms with Crippen LogP contribution < -0.4 is 5.32 Å². The van der Waals surface area contributed by atoms with E-state index in [1.165, 1.54) is 0 Å². The van der Waals surface area contributed by atoms with Gasteiger partial charge in [-0.05, 0) is 48.4 Å². The van der Waals surface area contributed by atoms with Crippen molar-refractivity contribution in [1.29, 1.82) is 0 Å². The summed E-state index contributed by atoms with van der Waals surface area (Å²) < 4.78 is 14.8. The number of alkyl halides is 1. The molecule has 0 saturated carbocycles. The van der Waals surface area contributed by atoms with Crippen molar-refractivity contribution in [2.24, 2.45) is 5.92 Å². The van der Waals surface area contributed by atoms with E-state index in [0.29, 0.717) is 28.7 Å². The predicted octanol–water partition coefficient (Wildman–Crippen LogP) is 3.28. The zero-order valence-electron chi connectivity index (χ0n) is 15.2. The highest BCUT2D eigenvalue weighted by molar-refractivity contribution is 5.88. The lowest BCUT2D eigenvalue weighted by Crippen LogP contribution is -2.47. The minimum atomic E-state index is -0.967. The third-order valence-electron chi connectivity index (χ3n) is 5.92. The largest absolute Gasteiger partial charge is 0.507 e. The van der Waals surface area contributed by atoms with Crippen molar-refractivity contribution in [3.05, 3.63) is 49.1 Å². The number of rotatable bonds is 3. The lowest BCUT2D eigenvalue weighted by molar-refractivity contribution is 0.167. The van der Waals surface area contributed by atoms with Crippen LogP contribution in [0.3, 0.4) is 0 Å². The van der Waals surface area contributed by atoms with Crippen LogP contribution in [0.4, 0.5) is 4.39 Å². The lowest BCUT2D eigenvalue weighted by Gasteiger charge is -2.33. The number of hydrogen-bond acceptors (Lipinski definition) is 6. The molecule has 1 aromatic carbocycles. The van der Waals surface area contributed by atoms with Gasteiger partial charge in [-0.3, -0.25) is 4.98 Å². The molecule has 4 heterocycles. The van der Waals surface area contributed by atoms with E-state index < -0.39 is 6.17 Å². The molecule has 2 aliphatic heterocycles. The highest BCUT2D eigenvalue weighted by Crippen LogP contribution is 2.39. The molecule has 2 N–H and O–H groups in total. The van der Waals surface area contributed by atoms with Gasteiger partial charge in [0.2, 0.25) is 0 Å². The predicted molar refractivity (Wildman–Crippen MR) is 104 cm³/mol.